The second kappa shape index (κ2) is 10.2. The van der Waals surface area contributed by atoms with Gasteiger partial charge in [-0.3, -0.25) is 9.69 Å². The number of benzene rings is 2. The summed E-state index contributed by atoms with van der Waals surface area (Å²) < 4.78 is 11.2. The Bertz CT molecular complexity index is 949. The normalized spacial score (nSPS) is 19.7. The molecule has 6 nitrogen and oxygen atoms in total. The molecule has 0 bridgehead atoms. The lowest BCUT2D eigenvalue weighted by atomic mass is 9.97. The van der Waals surface area contributed by atoms with Crippen molar-refractivity contribution in [1.29, 1.82) is 0 Å². The lowest BCUT2D eigenvalue weighted by Gasteiger charge is -2.31. The van der Waals surface area contributed by atoms with E-state index >= 15 is 0 Å². The summed E-state index contributed by atoms with van der Waals surface area (Å²) in [6.07, 6.45) is 2.94. The Hall–Kier alpha value is -2.86. The van der Waals surface area contributed by atoms with E-state index in [-0.39, 0.29) is 11.9 Å². The van der Waals surface area contributed by atoms with E-state index in [1.165, 1.54) is 0 Å². The smallest absolute Gasteiger partial charge is 0.257 e. The van der Waals surface area contributed by atoms with Crippen molar-refractivity contribution in [3.05, 3.63) is 59.7 Å². The first-order chi connectivity index (χ1) is 15.6. The fraction of sp³-hybridized carbons (Fsp3) is 0.462. The average Bonchev–Trinajstić information content (AvgIpc) is 3.27. The molecule has 1 atom stereocenters. The third kappa shape index (κ3) is 4.96. The number of hydrogen-bond acceptors (Lipinski definition) is 5. The lowest BCUT2D eigenvalue weighted by molar-refractivity contribution is -0.134. The molecule has 2 heterocycles. The molecule has 0 radical (unpaired) electrons. The molecule has 1 unspecified atom stereocenters. The molecule has 0 spiro atoms. The fourth-order valence-corrected chi connectivity index (χ4v) is 4.48. The van der Waals surface area contributed by atoms with Crippen LogP contribution in [0.5, 0.6) is 11.5 Å². The monoisotopic (exact) mass is 435 g/mol. The maximum Gasteiger partial charge on any atom is 0.257 e. The average molecular weight is 436 g/mol. The highest BCUT2D eigenvalue weighted by Crippen LogP contribution is 2.35. The van der Waals surface area contributed by atoms with Crippen LogP contribution in [-0.4, -0.2) is 54.9 Å². The molecule has 1 fully saturated rings. The van der Waals surface area contributed by atoms with Crippen molar-refractivity contribution in [2.24, 2.45) is 11.0 Å². The Morgan fingerprint density at radius 3 is 2.50 bits per heavy atom. The molecule has 4 rings (SSSR count). The molecule has 0 saturated carbocycles. The van der Waals surface area contributed by atoms with Crippen LogP contribution in [0.25, 0.3) is 0 Å². The third-order valence-corrected chi connectivity index (χ3v) is 6.39. The van der Waals surface area contributed by atoms with Gasteiger partial charge in [0, 0.05) is 12.0 Å². The number of carbonyl (C=O) groups excluding carboxylic acids is 1. The van der Waals surface area contributed by atoms with Crippen molar-refractivity contribution in [2.75, 3.05) is 33.4 Å². The van der Waals surface area contributed by atoms with Gasteiger partial charge in [0.1, 0.15) is 11.5 Å². The molecular formula is C26H33N3O3. The van der Waals surface area contributed by atoms with E-state index in [1.54, 1.807) is 12.1 Å². The van der Waals surface area contributed by atoms with E-state index in [0.717, 1.165) is 60.2 Å². The standard InChI is InChI=1S/C26H33N3O3/c1-4-32-21-11-9-20(10-12-21)24-17-23(22-7-5-6-8-25(22)31-3)27-29(24)26(30)18-28-15-13-19(2)14-16-28/h5-12,19,24H,4,13-18H2,1-3H3. The maximum absolute atomic E-state index is 13.4. The van der Waals surface area contributed by atoms with Crippen LogP contribution < -0.4 is 9.47 Å². The number of likely N-dealkylation sites (tertiary alicyclic amines) is 1. The van der Waals surface area contributed by atoms with Crippen LogP contribution >= 0.6 is 0 Å². The van der Waals surface area contributed by atoms with Crippen LogP contribution in [0.15, 0.2) is 53.6 Å². The summed E-state index contributed by atoms with van der Waals surface area (Å²) in [5.41, 5.74) is 2.87. The van der Waals surface area contributed by atoms with Crippen molar-refractivity contribution >= 4 is 11.6 Å². The number of rotatable bonds is 7. The quantitative estimate of drug-likeness (QED) is 0.642. The summed E-state index contributed by atoms with van der Waals surface area (Å²) >= 11 is 0. The number of nitrogens with zero attached hydrogens (tertiary/aromatic N) is 3. The molecule has 2 aromatic carbocycles. The molecule has 0 aromatic heterocycles. The number of piperidine rings is 1. The molecule has 0 N–H and O–H groups in total. The van der Waals surface area contributed by atoms with Gasteiger partial charge < -0.3 is 9.47 Å². The topological polar surface area (TPSA) is 54.4 Å². The predicted molar refractivity (Wildman–Crippen MR) is 126 cm³/mol. The minimum Gasteiger partial charge on any atom is -0.496 e. The zero-order valence-corrected chi connectivity index (χ0v) is 19.3. The Morgan fingerprint density at radius 1 is 1.09 bits per heavy atom. The van der Waals surface area contributed by atoms with Gasteiger partial charge in [0.15, 0.2) is 0 Å². The van der Waals surface area contributed by atoms with Gasteiger partial charge in [0.05, 0.1) is 32.0 Å². The van der Waals surface area contributed by atoms with Gasteiger partial charge in [0.25, 0.3) is 5.91 Å². The van der Waals surface area contributed by atoms with Crippen molar-refractivity contribution in [3.8, 4) is 11.5 Å². The summed E-state index contributed by atoms with van der Waals surface area (Å²) in [6.45, 7) is 7.23. The van der Waals surface area contributed by atoms with Crippen LogP contribution in [-0.2, 0) is 4.79 Å². The number of methoxy groups -OCH3 is 1. The van der Waals surface area contributed by atoms with Crippen LogP contribution in [0.4, 0.5) is 0 Å². The zero-order chi connectivity index (χ0) is 22.5. The van der Waals surface area contributed by atoms with E-state index in [9.17, 15) is 4.79 Å². The van der Waals surface area contributed by atoms with E-state index < -0.39 is 0 Å². The minimum absolute atomic E-state index is 0.0448. The number of para-hydroxylation sites is 1. The Morgan fingerprint density at radius 2 is 1.81 bits per heavy atom. The Balaban J connectivity index is 1.59. The first-order valence-corrected chi connectivity index (χ1v) is 11.6. The van der Waals surface area contributed by atoms with Gasteiger partial charge in [-0.1, -0.05) is 31.2 Å². The summed E-state index contributed by atoms with van der Waals surface area (Å²) in [4.78, 5) is 15.7. The van der Waals surface area contributed by atoms with Gasteiger partial charge in [-0.15, -0.1) is 0 Å². The van der Waals surface area contributed by atoms with Gasteiger partial charge in [-0.05, 0) is 68.6 Å². The summed E-state index contributed by atoms with van der Waals surface area (Å²) in [7, 11) is 1.67. The Kier molecular flexibility index (Phi) is 7.10. The molecule has 2 aliphatic heterocycles. The first-order valence-electron chi connectivity index (χ1n) is 11.6. The van der Waals surface area contributed by atoms with Crippen LogP contribution in [0, 0.1) is 5.92 Å². The van der Waals surface area contributed by atoms with Crippen molar-refractivity contribution in [3.63, 3.8) is 0 Å². The van der Waals surface area contributed by atoms with Crippen LogP contribution in [0.1, 0.15) is 50.3 Å². The van der Waals surface area contributed by atoms with E-state index in [0.29, 0.717) is 19.6 Å². The van der Waals surface area contributed by atoms with Gasteiger partial charge in [-0.25, -0.2) is 5.01 Å². The molecule has 1 amide bonds. The van der Waals surface area contributed by atoms with Crippen LogP contribution in [0.2, 0.25) is 0 Å². The van der Waals surface area contributed by atoms with Gasteiger partial charge in [0.2, 0.25) is 0 Å². The summed E-state index contributed by atoms with van der Waals surface area (Å²) in [6, 6.07) is 15.7. The molecular weight excluding hydrogens is 402 g/mol. The summed E-state index contributed by atoms with van der Waals surface area (Å²) in [5, 5.41) is 6.52. The van der Waals surface area contributed by atoms with Crippen molar-refractivity contribution in [1.82, 2.24) is 9.91 Å². The fourth-order valence-electron chi connectivity index (χ4n) is 4.48. The maximum atomic E-state index is 13.4. The molecule has 0 aliphatic carbocycles. The molecule has 1 saturated heterocycles. The number of carbonyl (C=O) groups is 1. The first kappa shape index (κ1) is 22.3. The van der Waals surface area contributed by atoms with E-state index in [1.807, 2.05) is 55.5 Å². The van der Waals surface area contributed by atoms with Crippen molar-refractivity contribution < 1.29 is 14.3 Å². The number of hydrogen-bond donors (Lipinski definition) is 0. The third-order valence-electron chi connectivity index (χ3n) is 6.39. The summed E-state index contributed by atoms with van der Waals surface area (Å²) in [5.74, 6) is 2.39. The highest BCUT2D eigenvalue weighted by molar-refractivity contribution is 6.05. The Labute approximate surface area is 190 Å². The van der Waals surface area contributed by atoms with Crippen LogP contribution in [0.3, 0.4) is 0 Å². The molecule has 170 valence electrons. The second-order valence-electron chi connectivity index (χ2n) is 8.67. The molecule has 6 heteroatoms. The minimum atomic E-state index is -0.137. The second-order valence-corrected chi connectivity index (χ2v) is 8.67. The van der Waals surface area contributed by atoms with E-state index in [2.05, 4.69) is 11.8 Å². The lowest BCUT2D eigenvalue weighted by Crippen LogP contribution is -2.41. The molecule has 32 heavy (non-hydrogen) atoms. The predicted octanol–water partition coefficient (Wildman–Crippen LogP) is 4.50. The SMILES string of the molecule is CCOc1ccc(C2CC(c3ccccc3OC)=NN2C(=O)CN2CCC(C)CC2)cc1. The van der Waals surface area contributed by atoms with Gasteiger partial charge in [-0.2, -0.15) is 5.10 Å². The molecule has 2 aliphatic rings. The van der Waals surface area contributed by atoms with E-state index in [4.69, 9.17) is 14.6 Å². The number of hydrazone groups is 1. The largest absolute Gasteiger partial charge is 0.496 e. The number of amides is 1. The number of ether oxygens (including phenoxy) is 2. The zero-order valence-electron chi connectivity index (χ0n) is 19.3. The molecule has 2 aromatic rings. The van der Waals surface area contributed by atoms with Gasteiger partial charge >= 0.3 is 0 Å². The highest BCUT2D eigenvalue weighted by atomic mass is 16.5. The highest BCUT2D eigenvalue weighted by Gasteiger charge is 2.34. The van der Waals surface area contributed by atoms with Crippen molar-refractivity contribution in [2.45, 2.75) is 39.2 Å².